The molecule has 3 heteroatoms. The van der Waals surface area contributed by atoms with Crippen LogP contribution in [0.4, 0.5) is 0 Å². The highest BCUT2D eigenvalue weighted by molar-refractivity contribution is 5.78. The number of benzene rings is 1. The zero-order valence-electron chi connectivity index (χ0n) is 13.3. The van der Waals surface area contributed by atoms with Gasteiger partial charge in [0.15, 0.2) is 0 Å². The average Bonchev–Trinajstić information content (AvgIpc) is 2.97. The highest BCUT2D eigenvalue weighted by atomic mass is 16.2. The average molecular weight is 288 g/mol. The zero-order chi connectivity index (χ0) is 15.1. The topological polar surface area (TPSA) is 41.1 Å². The monoisotopic (exact) mass is 288 g/mol. The summed E-state index contributed by atoms with van der Waals surface area (Å²) in [6.45, 7) is 4.75. The number of rotatable bonds is 7. The van der Waals surface area contributed by atoms with Gasteiger partial charge in [0, 0.05) is 11.6 Å². The Balaban J connectivity index is 1.69. The van der Waals surface area contributed by atoms with Crippen LogP contribution in [0.15, 0.2) is 30.3 Å². The summed E-state index contributed by atoms with van der Waals surface area (Å²) in [5, 5.41) is 6.51. The van der Waals surface area contributed by atoms with E-state index in [1.807, 2.05) is 6.07 Å². The number of hydrogen-bond acceptors (Lipinski definition) is 2. The molecule has 116 valence electrons. The predicted molar refractivity (Wildman–Crippen MR) is 87.2 cm³/mol. The maximum absolute atomic E-state index is 11.9. The molecule has 0 radical (unpaired) electrons. The number of carbonyl (C=O) groups excluding carboxylic acids is 1. The summed E-state index contributed by atoms with van der Waals surface area (Å²) in [7, 11) is 0. The fraction of sp³-hybridized carbons (Fsp3) is 0.611. The van der Waals surface area contributed by atoms with Crippen LogP contribution in [0, 0.1) is 0 Å². The Kier molecular flexibility index (Phi) is 5.80. The molecule has 3 nitrogen and oxygen atoms in total. The van der Waals surface area contributed by atoms with Crippen LogP contribution in [0.3, 0.4) is 0 Å². The first kappa shape index (κ1) is 16.0. The summed E-state index contributed by atoms with van der Waals surface area (Å²) < 4.78 is 0. The summed E-state index contributed by atoms with van der Waals surface area (Å²) in [5.74, 6) is 0.134. The molecule has 1 amide bonds. The van der Waals surface area contributed by atoms with Crippen molar-refractivity contribution < 1.29 is 4.79 Å². The number of hydrogen-bond donors (Lipinski definition) is 2. The maximum Gasteiger partial charge on any atom is 0.234 e. The largest absolute Gasteiger partial charge is 0.352 e. The van der Waals surface area contributed by atoms with Crippen LogP contribution in [-0.2, 0) is 11.2 Å². The van der Waals surface area contributed by atoms with Gasteiger partial charge in [-0.1, -0.05) is 43.2 Å². The maximum atomic E-state index is 11.9. The van der Waals surface area contributed by atoms with Gasteiger partial charge in [-0.2, -0.15) is 0 Å². The number of aryl methyl sites for hydroxylation is 1. The lowest BCUT2D eigenvalue weighted by molar-refractivity contribution is -0.121. The Hall–Kier alpha value is -1.35. The number of nitrogens with one attached hydrogen (secondary N) is 2. The van der Waals surface area contributed by atoms with Crippen molar-refractivity contribution in [3.63, 3.8) is 0 Å². The molecule has 0 atom stereocenters. The van der Waals surface area contributed by atoms with Crippen molar-refractivity contribution in [1.82, 2.24) is 10.6 Å². The van der Waals surface area contributed by atoms with E-state index in [1.54, 1.807) is 0 Å². The summed E-state index contributed by atoms with van der Waals surface area (Å²) >= 11 is 0. The molecule has 1 saturated carbocycles. The lowest BCUT2D eigenvalue weighted by atomic mass is 9.95. The molecule has 0 aromatic heterocycles. The van der Waals surface area contributed by atoms with Gasteiger partial charge in [0.2, 0.25) is 5.91 Å². The van der Waals surface area contributed by atoms with E-state index in [0.29, 0.717) is 12.6 Å². The summed E-state index contributed by atoms with van der Waals surface area (Å²) in [6, 6.07) is 10.9. The molecule has 0 unspecified atom stereocenters. The van der Waals surface area contributed by atoms with E-state index in [2.05, 4.69) is 48.7 Å². The molecule has 0 heterocycles. The van der Waals surface area contributed by atoms with Crippen molar-refractivity contribution in [1.29, 1.82) is 0 Å². The number of amides is 1. The first-order chi connectivity index (χ1) is 10.1. The van der Waals surface area contributed by atoms with Crippen LogP contribution < -0.4 is 10.6 Å². The molecule has 0 saturated heterocycles. The van der Waals surface area contributed by atoms with Gasteiger partial charge in [0.25, 0.3) is 0 Å². The quantitative estimate of drug-likeness (QED) is 0.809. The molecule has 1 aromatic rings. The highest BCUT2D eigenvalue weighted by Gasteiger charge is 2.20. The Bertz CT molecular complexity index is 436. The first-order valence-electron chi connectivity index (χ1n) is 8.13. The molecule has 0 spiro atoms. The first-order valence-corrected chi connectivity index (χ1v) is 8.13. The van der Waals surface area contributed by atoms with Gasteiger partial charge in [0.1, 0.15) is 0 Å². The fourth-order valence-corrected chi connectivity index (χ4v) is 2.86. The molecule has 1 aliphatic carbocycles. The minimum Gasteiger partial charge on any atom is -0.352 e. The molecule has 0 aliphatic heterocycles. The van der Waals surface area contributed by atoms with E-state index >= 15 is 0 Å². The van der Waals surface area contributed by atoms with Crippen LogP contribution in [0.1, 0.15) is 51.5 Å². The normalized spacial score (nSPS) is 16.1. The van der Waals surface area contributed by atoms with Crippen molar-refractivity contribution in [2.24, 2.45) is 0 Å². The smallest absolute Gasteiger partial charge is 0.234 e. The molecule has 1 aliphatic rings. The van der Waals surface area contributed by atoms with Crippen LogP contribution >= 0.6 is 0 Å². The van der Waals surface area contributed by atoms with E-state index in [9.17, 15) is 4.79 Å². The Morgan fingerprint density at radius 2 is 1.86 bits per heavy atom. The van der Waals surface area contributed by atoms with E-state index in [-0.39, 0.29) is 11.4 Å². The minimum atomic E-state index is -0.0249. The lowest BCUT2D eigenvalue weighted by Gasteiger charge is -2.26. The molecule has 2 N–H and O–H groups in total. The Morgan fingerprint density at radius 3 is 2.52 bits per heavy atom. The standard InChI is InChI=1S/C18H28N2O/c1-18(2,13-12-15-8-4-3-5-9-15)19-14-17(21)20-16-10-6-7-11-16/h3-5,8-9,16,19H,6-7,10-14H2,1-2H3,(H,20,21). The molecule has 0 bridgehead atoms. The molecule has 1 aromatic carbocycles. The molecular weight excluding hydrogens is 260 g/mol. The van der Waals surface area contributed by atoms with Gasteiger partial charge in [-0.3, -0.25) is 4.79 Å². The van der Waals surface area contributed by atoms with E-state index < -0.39 is 0 Å². The fourth-order valence-electron chi connectivity index (χ4n) is 2.86. The van der Waals surface area contributed by atoms with Gasteiger partial charge in [-0.25, -0.2) is 0 Å². The van der Waals surface area contributed by atoms with Gasteiger partial charge >= 0.3 is 0 Å². The third-order valence-corrected chi connectivity index (χ3v) is 4.33. The lowest BCUT2D eigenvalue weighted by Crippen LogP contribution is -2.47. The highest BCUT2D eigenvalue weighted by Crippen LogP contribution is 2.17. The molecular formula is C18H28N2O. The number of carbonyl (C=O) groups is 1. The minimum absolute atomic E-state index is 0.0249. The molecule has 2 rings (SSSR count). The van der Waals surface area contributed by atoms with Crippen molar-refractivity contribution in [2.75, 3.05) is 6.54 Å². The molecule has 1 fully saturated rings. The van der Waals surface area contributed by atoms with Gasteiger partial charge in [-0.05, 0) is 45.1 Å². The van der Waals surface area contributed by atoms with E-state index in [0.717, 1.165) is 25.7 Å². The molecule has 21 heavy (non-hydrogen) atoms. The van der Waals surface area contributed by atoms with Crippen molar-refractivity contribution in [2.45, 2.75) is 64.0 Å². The van der Waals surface area contributed by atoms with Crippen LogP contribution in [0.25, 0.3) is 0 Å². The third kappa shape index (κ3) is 5.88. The van der Waals surface area contributed by atoms with Gasteiger partial charge < -0.3 is 10.6 Å². The summed E-state index contributed by atoms with van der Waals surface area (Å²) in [5.41, 5.74) is 1.32. The van der Waals surface area contributed by atoms with Gasteiger partial charge in [0.05, 0.1) is 6.54 Å². The zero-order valence-corrected chi connectivity index (χ0v) is 13.3. The van der Waals surface area contributed by atoms with Crippen LogP contribution in [0.2, 0.25) is 0 Å². The van der Waals surface area contributed by atoms with Crippen LogP contribution in [-0.4, -0.2) is 24.0 Å². The Labute approximate surface area is 128 Å². The second-order valence-corrected chi connectivity index (χ2v) is 6.77. The van der Waals surface area contributed by atoms with Crippen molar-refractivity contribution in [3.05, 3.63) is 35.9 Å². The summed E-state index contributed by atoms with van der Waals surface area (Å²) in [4.78, 5) is 11.9. The second kappa shape index (κ2) is 7.60. The van der Waals surface area contributed by atoms with Gasteiger partial charge in [-0.15, -0.1) is 0 Å². The van der Waals surface area contributed by atoms with Crippen LogP contribution in [0.5, 0.6) is 0 Å². The third-order valence-electron chi connectivity index (χ3n) is 4.33. The SMILES string of the molecule is CC(C)(CCc1ccccc1)NCC(=O)NC1CCCC1. The Morgan fingerprint density at radius 1 is 1.19 bits per heavy atom. The second-order valence-electron chi connectivity index (χ2n) is 6.77. The van der Waals surface area contributed by atoms with E-state index in [4.69, 9.17) is 0 Å². The van der Waals surface area contributed by atoms with E-state index in [1.165, 1.54) is 18.4 Å². The predicted octanol–water partition coefficient (Wildman–Crippen LogP) is 3.05. The summed E-state index contributed by atoms with van der Waals surface area (Å²) in [6.07, 6.45) is 6.84. The van der Waals surface area contributed by atoms with Crippen molar-refractivity contribution in [3.8, 4) is 0 Å². The van der Waals surface area contributed by atoms with Crippen molar-refractivity contribution >= 4 is 5.91 Å².